The van der Waals surface area contributed by atoms with E-state index in [1.54, 1.807) is 5.57 Å². The molecule has 0 amide bonds. The van der Waals surface area contributed by atoms with Crippen LogP contribution in [0.5, 0.6) is 0 Å². The molecule has 210 valence electrons. The molecule has 4 nitrogen and oxygen atoms in total. The van der Waals surface area contributed by atoms with Crippen LogP contribution >= 0.6 is 0 Å². The van der Waals surface area contributed by atoms with Crippen LogP contribution in [0.1, 0.15) is 143 Å². The van der Waals surface area contributed by atoms with E-state index in [2.05, 4.69) is 33.8 Å². The Kier molecular flexibility index (Phi) is 9.84. The van der Waals surface area contributed by atoms with Gasteiger partial charge in [0.15, 0.2) is 0 Å². The number of ether oxygens (including phenoxy) is 2. The summed E-state index contributed by atoms with van der Waals surface area (Å²) in [4.78, 5) is 25.0. The Morgan fingerprint density at radius 2 is 1.49 bits per heavy atom. The van der Waals surface area contributed by atoms with E-state index in [0.717, 1.165) is 57.8 Å². The minimum atomic E-state index is 0.00401. The fourth-order valence-corrected chi connectivity index (χ4v) is 8.73. The summed E-state index contributed by atoms with van der Waals surface area (Å²) < 4.78 is 12.1. The zero-order chi connectivity index (χ0) is 26.5. The van der Waals surface area contributed by atoms with Crippen molar-refractivity contribution < 1.29 is 19.1 Å². The summed E-state index contributed by atoms with van der Waals surface area (Å²) in [5.41, 5.74) is 1.93. The minimum Gasteiger partial charge on any atom is -0.462 e. The van der Waals surface area contributed by atoms with Crippen molar-refractivity contribution in [2.75, 3.05) is 0 Å². The van der Waals surface area contributed by atoms with Crippen molar-refractivity contribution in [2.24, 2.45) is 28.6 Å². The second-order valence-electron chi connectivity index (χ2n) is 13.3. The van der Waals surface area contributed by atoms with Crippen LogP contribution in [-0.2, 0) is 19.1 Å². The fourth-order valence-electron chi connectivity index (χ4n) is 8.73. The molecular formula is C33H54O4. The molecule has 0 radical (unpaired) electrons. The standard InChI is InChI=1S/C33H54O4/c1-5-7-9-11-13-30(34)36-25-19-21-32(3)24(23-25)15-16-26-27-17-18-29(33(27,4)22-20-28(26)32)37-31(35)14-12-10-8-6-2/h15,25-29H,5-14,16-23H2,1-4H3/t25-,26-,27-,28-,29-,32-,33-/m0/s1. The second-order valence-corrected chi connectivity index (χ2v) is 13.3. The van der Waals surface area contributed by atoms with Gasteiger partial charge in [-0.3, -0.25) is 9.59 Å². The van der Waals surface area contributed by atoms with Crippen LogP contribution in [0.4, 0.5) is 0 Å². The molecule has 0 aromatic heterocycles. The van der Waals surface area contributed by atoms with Crippen LogP contribution in [0.15, 0.2) is 11.6 Å². The molecule has 0 unspecified atom stereocenters. The van der Waals surface area contributed by atoms with Crippen LogP contribution in [0.25, 0.3) is 0 Å². The molecule has 3 saturated carbocycles. The van der Waals surface area contributed by atoms with Crippen LogP contribution in [-0.4, -0.2) is 24.1 Å². The van der Waals surface area contributed by atoms with E-state index in [9.17, 15) is 9.59 Å². The van der Waals surface area contributed by atoms with Gasteiger partial charge in [-0.2, -0.15) is 0 Å². The normalized spacial score (nSPS) is 36.6. The Bertz CT molecular complexity index is 817. The lowest BCUT2D eigenvalue weighted by Gasteiger charge is -2.57. The monoisotopic (exact) mass is 514 g/mol. The molecule has 4 aliphatic carbocycles. The van der Waals surface area contributed by atoms with E-state index >= 15 is 0 Å². The predicted octanol–water partition coefficient (Wildman–Crippen LogP) is 8.71. The summed E-state index contributed by atoms with van der Waals surface area (Å²) in [6.07, 6.45) is 21.7. The van der Waals surface area contributed by atoms with Gasteiger partial charge in [-0.05, 0) is 81.0 Å². The molecule has 0 saturated heterocycles. The average molecular weight is 515 g/mol. The van der Waals surface area contributed by atoms with Crippen molar-refractivity contribution >= 4 is 11.9 Å². The van der Waals surface area contributed by atoms with E-state index < -0.39 is 0 Å². The van der Waals surface area contributed by atoms with Crippen molar-refractivity contribution in [1.29, 1.82) is 0 Å². The summed E-state index contributed by atoms with van der Waals surface area (Å²) in [5, 5.41) is 0. The van der Waals surface area contributed by atoms with Crippen molar-refractivity contribution in [2.45, 2.75) is 155 Å². The molecule has 4 rings (SSSR count). The van der Waals surface area contributed by atoms with E-state index in [4.69, 9.17) is 9.47 Å². The smallest absolute Gasteiger partial charge is 0.306 e. The number of fused-ring (bicyclic) bond motifs is 5. The fraction of sp³-hybridized carbons (Fsp3) is 0.879. The largest absolute Gasteiger partial charge is 0.462 e. The maximum Gasteiger partial charge on any atom is 0.306 e. The highest BCUT2D eigenvalue weighted by Gasteiger charge is 2.59. The highest BCUT2D eigenvalue weighted by atomic mass is 16.5. The van der Waals surface area contributed by atoms with Crippen molar-refractivity contribution in [3.63, 3.8) is 0 Å². The molecule has 4 aliphatic rings. The van der Waals surface area contributed by atoms with Gasteiger partial charge in [0, 0.05) is 24.7 Å². The number of carbonyl (C=O) groups is 2. The summed E-state index contributed by atoms with van der Waals surface area (Å²) in [6.45, 7) is 9.33. The highest BCUT2D eigenvalue weighted by molar-refractivity contribution is 5.70. The van der Waals surface area contributed by atoms with Crippen molar-refractivity contribution in [3.8, 4) is 0 Å². The molecular weight excluding hydrogens is 460 g/mol. The lowest BCUT2D eigenvalue weighted by atomic mass is 9.48. The summed E-state index contributed by atoms with van der Waals surface area (Å²) in [6, 6.07) is 0. The molecule has 0 aliphatic heterocycles. The molecule has 0 aromatic carbocycles. The zero-order valence-electron chi connectivity index (χ0n) is 24.3. The first-order chi connectivity index (χ1) is 17.8. The van der Waals surface area contributed by atoms with Crippen LogP contribution in [0, 0.1) is 28.6 Å². The zero-order valence-corrected chi connectivity index (χ0v) is 24.3. The Balaban J connectivity index is 1.33. The SMILES string of the molecule is CCCCCCC(=O)O[C@H]1CC[C@@]2(C)C(=CC[C@H]3[C@@H]4CC[C@H](OC(=O)CCCCCC)[C@@]4(C)CC[C@@H]32)C1. The van der Waals surface area contributed by atoms with Gasteiger partial charge in [0.25, 0.3) is 0 Å². The van der Waals surface area contributed by atoms with Gasteiger partial charge in [-0.25, -0.2) is 0 Å². The molecule has 4 heteroatoms. The molecule has 0 N–H and O–H groups in total. The Morgan fingerprint density at radius 3 is 2.16 bits per heavy atom. The van der Waals surface area contributed by atoms with Gasteiger partial charge in [0.1, 0.15) is 12.2 Å². The lowest BCUT2D eigenvalue weighted by Crippen LogP contribution is -2.51. The molecule has 0 heterocycles. The number of allylic oxidation sites excluding steroid dienone is 1. The number of hydrogen-bond donors (Lipinski definition) is 0. The number of unbranched alkanes of at least 4 members (excludes halogenated alkanes) is 6. The molecule has 0 spiro atoms. The Labute approximate surface area is 226 Å². The van der Waals surface area contributed by atoms with Crippen LogP contribution in [0.2, 0.25) is 0 Å². The minimum absolute atomic E-state index is 0.00401. The number of rotatable bonds is 12. The van der Waals surface area contributed by atoms with Crippen LogP contribution < -0.4 is 0 Å². The molecule has 3 fully saturated rings. The first-order valence-electron chi connectivity index (χ1n) is 15.9. The van der Waals surface area contributed by atoms with E-state index in [1.165, 1.54) is 44.9 Å². The second kappa shape index (κ2) is 12.7. The quantitative estimate of drug-likeness (QED) is 0.148. The van der Waals surface area contributed by atoms with E-state index in [1.807, 2.05) is 0 Å². The van der Waals surface area contributed by atoms with Gasteiger partial charge in [-0.1, -0.05) is 77.9 Å². The van der Waals surface area contributed by atoms with E-state index in [0.29, 0.717) is 30.6 Å². The number of carbonyl (C=O) groups excluding carboxylic acids is 2. The Hall–Kier alpha value is -1.32. The first kappa shape index (κ1) is 28.7. The lowest BCUT2D eigenvalue weighted by molar-refractivity contribution is -0.159. The van der Waals surface area contributed by atoms with E-state index in [-0.39, 0.29) is 35.0 Å². The Morgan fingerprint density at radius 1 is 0.811 bits per heavy atom. The summed E-state index contributed by atoms with van der Waals surface area (Å²) >= 11 is 0. The third-order valence-electron chi connectivity index (χ3n) is 11.0. The topological polar surface area (TPSA) is 52.6 Å². The van der Waals surface area contributed by atoms with Crippen LogP contribution in [0.3, 0.4) is 0 Å². The average Bonchev–Trinajstić information content (AvgIpc) is 3.20. The number of hydrogen-bond acceptors (Lipinski definition) is 4. The van der Waals surface area contributed by atoms with Gasteiger partial charge in [0.2, 0.25) is 0 Å². The third kappa shape index (κ3) is 6.30. The van der Waals surface area contributed by atoms with Crippen molar-refractivity contribution in [3.05, 3.63) is 11.6 Å². The summed E-state index contributed by atoms with van der Waals surface area (Å²) in [5.74, 6) is 2.08. The molecule has 0 aromatic rings. The van der Waals surface area contributed by atoms with Gasteiger partial charge in [-0.15, -0.1) is 0 Å². The third-order valence-corrected chi connectivity index (χ3v) is 11.0. The molecule has 0 bridgehead atoms. The predicted molar refractivity (Wildman–Crippen MR) is 149 cm³/mol. The molecule has 37 heavy (non-hydrogen) atoms. The van der Waals surface area contributed by atoms with Gasteiger partial charge in [0.05, 0.1) is 0 Å². The maximum atomic E-state index is 12.6. The summed E-state index contributed by atoms with van der Waals surface area (Å²) in [7, 11) is 0. The molecule has 7 atom stereocenters. The first-order valence-corrected chi connectivity index (χ1v) is 15.9. The number of esters is 2. The van der Waals surface area contributed by atoms with Gasteiger partial charge >= 0.3 is 11.9 Å². The maximum absolute atomic E-state index is 12.6. The van der Waals surface area contributed by atoms with Gasteiger partial charge < -0.3 is 9.47 Å². The highest BCUT2D eigenvalue weighted by Crippen LogP contribution is 2.65. The van der Waals surface area contributed by atoms with Crippen molar-refractivity contribution in [1.82, 2.24) is 0 Å².